The summed E-state index contributed by atoms with van der Waals surface area (Å²) in [5.74, 6) is 0.308. The predicted octanol–water partition coefficient (Wildman–Crippen LogP) is 1.65. The van der Waals surface area contributed by atoms with E-state index in [0.717, 1.165) is 11.3 Å². The molecule has 0 fully saturated rings. The molecule has 6 heteroatoms. The number of aromatic nitrogens is 1. The number of anilines is 1. The summed E-state index contributed by atoms with van der Waals surface area (Å²) in [4.78, 5) is 4.30. The van der Waals surface area contributed by atoms with Crippen LogP contribution in [-0.2, 0) is 16.6 Å². The number of sulfonamides is 1. The Balaban J connectivity index is 2.27. The Kier molecular flexibility index (Phi) is 3.82. The van der Waals surface area contributed by atoms with Crippen LogP contribution in [0.15, 0.2) is 47.4 Å². The lowest BCUT2D eigenvalue weighted by atomic mass is 10.2. The van der Waals surface area contributed by atoms with Gasteiger partial charge >= 0.3 is 0 Å². The first-order valence-electron chi connectivity index (χ1n) is 5.77. The molecule has 0 aliphatic rings. The van der Waals surface area contributed by atoms with E-state index >= 15 is 0 Å². The van der Waals surface area contributed by atoms with E-state index in [0.29, 0.717) is 12.4 Å². The van der Waals surface area contributed by atoms with E-state index in [9.17, 15) is 8.42 Å². The van der Waals surface area contributed by atoms with Crippen LogP contribution in [0.25, 0.3) is 0 Å². The number of nitrogens with one attached hydrogen (secondary N) is 1. The zero-order chi connectivity index (χ0) is 13.9. The molecule has 0 atom stereocenters. The molecule has 3 N–H and O–H groups in total. The van der Waals surface area contributed by atoms with Crippen LogP contribution in [0.3, 0.4) is 0 Å². The lowest BCUT2D eigenvalue weighted by Gasteiger charge is -2.08. The average molecular weight is 277 g/mol. The van der Waals surface area contributed by atoms with Crippen LogP contribution < -0.4 is 10.5 Å². The number of nitrogens with zero attached hydrogens (tertiary/aromatic N) is 1. The first kappa shape index (κ1) is 13.5. The Labute approximate surface area is 112 Å². The maximum Gasteiger partial charge on any atom is 0.263 e. The smallest absolute Gasteiger partial charge is 0.263 e. The van der Waals surface area contributed by atoms with Crippen molar-refractivity contribution in [3.05, 3.63) is 53.7 Å². The largest absolute Gasteiger partial charge is 0.326 e. The van der Waals surface area contributed by atoms with Crippen molar-refractivity contribution in [2.75, 3.05) is 4.72 Å². The van der Waals surface area contributed by atoms with Crippen LogP contribution in [0.2, 0.25) is 0 Å². The maximum absolute atomic E-state index is 12.1. The van der Waals surface area contributed by atoms with Crippen molar-refractivity contribution in [3.8, 4) is 0 Å². The molecule has 0 saturated carbocycles. The molecule has 1 aromatic carbocycles. The highest BCUT2D eigenvalue weighted by molar-refractivity contribution is 7.92. The highest BCUT2D eigenvalue weighted by Gasteiger charge is 2.14. The molecular formula is C13H15N3O2S. The Morgan fingerprint density at radius 1 is 1.16 bits per heavy atom. The maximum atomic E-state index is 12.1. The number of aryl methyl sites for hydroxylation is 1. The zero-order valence-corrected chi connectivity index (χ0v) is 11.3. The van der Waals surface area contributed by atoms with Crippen LogP contribution in [0.5, 0.6) is 0 Å². The zero-order valence-electron chi connectivity index (χ0n) is 10.5. The van der Waals surface area contributed by atoms with Crippen LogP contribution in [0.4, 0.5) is 5.82 Å². The lowest BCUT2D eigenvalue weighted by molar-refractivity contribution is 0.601. The van der Waals surface area contributed by atoms with E-state index in [2.05, 4.69) is 9.71 Å². The first-order chi connectivity index (χ1) is 9.01. The minimum atomic E-state index is -3.61. The minimum Gasteiger partial charge on any atom is -0.326 e. The molecule has 1 aromatic heterocycles. The number of rotatable bonds is 4. The Morgan fingerprint density at radius 2 is 1.84 bits per heavy atom. The number of hydrogen-bond donors (Lipinski definition) is 2. The van der Waals surface area contributed by atoms with E-state index in [-0.39, 0.29) is 4.90 Å². The highest BCUT2D eigenvalue weighted by Crippen LogP contribution is 2.15. The van der Waals surface area contributed by atoms with Crippen molar-refractivity contribution in [1.29, 1.82) is 0 Å². The van der Waals surface area contributed by atoms with Gasteiger partial charge in [-0.15, -0.1) is 0 Å². The van der Waals surface area contributed by atoms with E-state index < -0.39 is 10.0 Å². The van der Waals surface area contributed by atoms with Crippen molar-refractivity contribution in [2.24, 2.45) is 5.73 Å². The third-order valence-corrected chi connectivity index (χ3v) is 3.97. The molecule has 1 heterocycles. The summed E-state index contributed by atoms with van der Waals surface area (Å²) in [5.41, 5.74) is 7.10. The van der Waals surface area contributed by atoms with Crippen LogP contribution in [0.1, 0.15) is 11.3 Å². The molecule has 2 aromatic rings. The van der Waals surface area contributed by atoms with Gasteiger partial charge in [0.15, 0.2) is 0 Å². The summed E-state index contributed by atoms with van der Waals surface area (Å²) in [6, 6.07) is 11.6. The summed E-state index contributed by atoms with van der Waals surface area (Å²) >= 11 is 0. The van der Waals surface area contributed by atoms with Gasteiger partial charge in [0.2, 0.25) is 0 Å². The van der Waals surface area contributed by atoms with Gasteiger partial charge in [0.05, 0.1) is 4.90 Å². The standard InChI is InChI=1S/C13H15N3O2S/c1-10-3-2-4-13(15-10)16-19(17,18)12-7-5-11(9-14)6-8-12/h2-8H,9,14H2,1H3,(H,15,16). The molecule has 0 amide bonds. The van der Waals surface area contributed by atoms with Gasteiger partial charge in [-0.3, -0.25) is 4.72 Å². The van der Waals surface area contributed by atoms with Crippen molar-refractivity contribution in [2.45, 2.75) is 18.4 Å². The van der Waals surface area contributed by atoms with Gasteiger partial charge in [-0.05, 0) is 36.8 Å². The normalized spacial score (nSPS) is 11.3. The monoisotopic (exact) mass is 277 g/mol. The fourth-order valence-corrected chi connectivity index (χ4v) is 2.60. The molecule has 0 spiro atoms. The van der Waals surface area contributed by atoms with Crippen LogP contribution in [-0.4, -0.2) is 13.4 Å². The molecule has 0 saturated heterocycles. The lowest BCUT2D eigenvalue weighted by Crippen LogP contribution is -2.14. The molecule has 0 aliphatic heterocycles. The summed E-state index contributed by atoms with van der Waals surface area (Å²) in [7, 11) is -3.61. The quantitative estimate of drug-likeness (QED) is 0.889. The summed E-state index contributed by atoms with van der Waals surface area (Å²) in [6.45, 7) is 2.18. The van der Waals surface area contributed by atoms with Crippen molar-refractivity contribution in [3.63, 3.8) is 0 Å². The molecule has 19 heavy (non-hydrogen) atoms. The summed E-state index contributed by atoms with van der Waals surface area (Å²) < 4.78 is 26.7. The van der Waals surface area contributed by atoms with Gasteiger partial charge in [0, 0.05) is 12.2 Å². The second-order valence-electron chi connectivity index (χ2n) is 4.12. The van der Waals surface area contributed by atoms with E-state index in [4.69, 9.17) is 5.73 Å². The van der Waals surface area contributed by atoms with Gasteiger partial charge in [-0.2, -0.15) is 0 Å². The Hall–Kier alpha value is -1.92. The van der Waals surface area contributed by atoms with Crippen molar-refractivity contribution >= 4 is 15.8 Å². The van der Waals surface area contributed by atoms with E-state index in [1.54, 1.807) is 37.3 Å². The van der Waals surface area contributed by atoms with Gasteiger partial charge in [0.25, 0.3) is 10.0 Å². The predicted molar refractivity (Wildman–Crippen MR) is 74.1 cm³/mol. The third kappa shape index (κ3) is 3.30. The molecule has 100 valence electrons. The first-order valence-corrected chi connectivity index (χ1v) is 7.25. The highest BCUT2D eigenvalue weighted by atomic mass is 32.2. The van der Waals surface area contributed by atoms with E-state index in [1.807, 2.05) is 0 Å². The summed E-state index contributed by atoms with van der Waals surface area (Å²) in [5, 5.41) is 0. The number of hydrogen-bond acceptors (Lipinski definition) is 4. The van der Waals surface area contributed by atoms with Gasteiger partial charge < -0.3 is 5.73 Å². The Morgan fingerprint density at radius 3 is 2.42 bits per heavy atom. The fourth-order valence-electron chi connectivity index (χ4n) is 1.60. The number of pyridine rings is 1. The molecule has 0 aliphatic carbocycles. The van der Waals surface area contributed by atoms with Crippen LogP contribution >= 0.6 is 0 Å². The molecular weight excluding hydrogens is 262 g/mol. The Bertz CT molecular complexity index is 667. The van der Waals surface area contributed by atoms with Crippen molar-refractivity contribution < 1.29 is 8.42 Å². The second kappa shape index (κ2) is 5.38. The molecule has 0 radical (unpaired) electrons. The third-order valence-electron chi connectivity index (χ3n) is 2.60. The van der Waals surface area contributed by atoms with Crippen molar-refractivity contribution in [1.82, 2.24) is 4.98 Å². The van der Waals surface area contributed by atoms with E-state index in [1.165, 1.54) is 12.1 Å². The number of benzene rings is 1. The fraction of sp³-hybridized carbons (Fsp3) is 0.154. The van der Waals surface area contributed by atoms with Gasteiger partial charge in [0.1, 0.15) is 5.82 Å². The number of nitrogens with two attached hydrogens (primary N) is 1. The molecule has 2 rings (SSSR count). The topological polar surface area (TPSA) is 85.1 Å². The minimum absolute atomic E-state index is 0.188. The van der Waals surface area contributed by atoms with Crippen LogP contribution in [0, 0.1) is 6.92 Å². The van der Waals surface area contributed by atoms with Gasteiger partial charge in [-0.1, -0.05) is 18.2 Å². The second-order valence-corrected chi connectivity index (χ2v) is 5.80. The SMILES string of the molecule is Cc1cccc(NS(=O)(=O)c2ccc(CN)cc2)n1. The molecule has 0 unspecified atom stereocenters. The van der Waals surface area contributed by atoms with Gasteiger partial charge in [-0.25, -0.2) is 13.4 Å². The molecule has 5 nitrogen and oxygen atoms in total. The molecule has 0 bridgehead atoms. The average Bonchev–Trinajstić information content (AvgIpc) is 2.38. The summed E-state index contributed by atoms with van der Waals surface area (Å²) in [6.07, 6.45) is 0.